The number of hydrogen-bond acceptors (Lipinski definition) is 11. The summed E-state index contributed by atoms with van der Waals surface area (Å²) in [6.07, 6.45) is 6.03. The Morgan fingerprint density at radius 1 is 0.651 bits per heavy atom. The summed E-state index contributed by atoms with van der Waals surface area (Å²) in [4.78, 5) is 87.6. The highest BCUT2D eigenvalue weighted by atomic mass is 16.5. The van der Waals surface area contributed by atoms with Gasteiger partial charge in [-0.05, 0) is 120 Å². The molecule has 0 saturated heterocycles. The minimum atomic E-state index is -1.04. The van der Waals surface area contributed by atoms with Crippen LogP contribution >= 0.6 is 0 Å². The lowest BCUT2D eigenvalue weighted by molar-refractivity contribution is -0.133. The maximum absolute atomic E-state index is 13.6. The van der Waals surface area contributed by atoms with Gasteiger partial charge in [0.05, 0.1) is 0 Å². The van der Waals surface area contributed by atoms with Crippen molar-refractivity contribution in [2.24, 2.45) is 17.1 Å². The number of unbranched alkanes of at least 4 members (excludes halogenated alkanes) is 2. The molecule has 0 radical (unpaired) electrons. The minimum absolute atomic E-state index is 0.00333. The number of hydrogen-bond donors (Lipinski definition) is 11. The van der Waals surface area contributed by atoms with E-state index < -0.39 is 48.0 Å². The van der Waals surface area contributed by atoms with E-state index in [0.29, 0.717) is 50.0 Å². The van der Waals surface area contributed by atoms with Crippen LogP contribution in [0.25, 0.3) is 0 Å². The summed E-state index contributed by atoms with van der Waals surface area (Å²) in [5.41, 5.74) is 6.32. The number of amides is 8. The highest BCUT2D eigenvalue weighted by Gasteiger charge is 2.31. The number of rotatable bonds is 33. The number of carbonyl (C=O) groups excluding carboxylic acids is 7. The monoisotopic (exact) mass is 888 g/mol. The topological polar surface area (TPSA) is 275 Å². The van der Waals surface area contributed by atoms with Crippen molar-refractivity contribution < 1.29 is 38.3 Å². The number of carbonyl (C=O) groups is 7. The lowest BCUT2D eigenvalue weighted by atomic mass is 9.92. The van der Waals surface area contributed by atoms with E-state index in [2.05, 4.69) is 73.9 Å². The van der Waals surface area contributed by atoms with Crippen molar-refractivity contribution in [1.29, 1.82) is 0 Å². The third-order valence-corrected chi connectivity index (χ3v) is 9.60. The first-order valence-corrected chi connectivity index (χ1v) is 22.5. The van der Waals surface area contributed by atoms with Gasteiger partial charge in [0.1, 0.15) is 24.7 Å². The Hall–Kier alpha value is -4.95. The normalized spacial score (nSPS) is 12.6. The number of urea groups is 1. The molecule has 1 unspecified atom stereocenters. The number of ether oxygens (including phenoxy) is 1. The predicted octanol–water partition coefficient (Wildman–Crippen LogP) is 1.03. The van der Waals surface area contributed by atoms with Crippen LogP contribution in [0.4, 0.5) is 15.3 Å². The van der Waals surface area contributed by atoms with Gasteiger partial charge in [-0.1, -0.05) is 46.8 Å². The van der Waals surface area contributed by atoms with E-state index in [1.807, 2.05) is 7.98 Å². The maximum atomic E-state index is 13.6. The van der Waals surface area contributed by atoms with Crippen molar-refractivity contribution in [3.8, 4) is 0 Å². The Labute approximate surface area is 375 Å². The van der Waals surface area contributed by atoms with Crippen LogP contribution in [0.1, 0.15) is 111 Å². The zero-order valence-electron chi connectivity index (χ0n) is 38.9. The number of benzene rings is 1. The van der Waals surface area contributed by atoms with Crippen LogP contribution < -0.4 is 58.8 Å². The van der Waals surface area contributed by atoms with Crippen molar-refractivity contribution in [3.05, 3.63) is 29.8 Å². The molecule has 63 heavy (non-hydrogen) atoms. The van der Waals surface area contributed by atoms with Crippen LogP contribution in [0.15, 0.2) is 24.3 Å². The summed E-state index contributed by atoms with van der Waals surface area (Å²) < 4.78 is 5.35. The molecule has 1 aromatic rings. The lowest BCUT2D eigenvalue weighted by Crippen LogP contribution is -2.57. The van der Waals surface area contributed by atoms with Crippen molar-refractivity contribution in [1.82, 2.24) is 47.8 Å². The second-order valence-corrected chi connectivity index (χ2v) is 17.3. The molecule has 12 N–H and O–H groups in total. The molecule has 0 aliphatic carbocycles. The number of alkyl carbamates (subject to hydrolysis) is 1. The van der Waals surface area contributed by atoms with Gasteiger partial charge in [-0.2, -0.15) is 0 Å². The van der Waals surface area contributed by atoms with Gasteiger partial charge in [0, 0.05) is 38.7 Å². The van der Waals surface area contributed by atoms with Crippen LogP contribution in [-0.2, 0) is 35.3 Å². The summed E-state index contributed by atoms with van der Waals surface area (Å²) in [5, 5.41) is 29.0. The Bertz CT molecular complexity index is 1530. The molecule has 356 valence electrons. The summed E-state index contributed by atoms with van der Waals surface area (Å²) in [7, 11) is 1.83. The fourth-order valence-electron chi connectivity index (χ4n) is 6.25. The molecule has 3 atom stereocenters. The van der Waals surface area contributed by atoms with E-state index in [-0.39, 0.29) is 42.7 Å². The maximum Gasteiger partial charge on any atom is 0.407 e. The van der Waals surface area contributed by atoms with Gasteiger partial charge >= 0.3 is 12.1 Å². The zero-order chi connectivity index (χ0) is 47.0. The van der Waals surface area contributed by atoms with Crippen molar-refractivity contribution >= 4 is 55.3 Å². The molecule has 0 saturated carbocycles. The molecular formula is C43H78BN11O8. The van der Waals surface area contributed by atoms with Gasteiger partial charge in [-0.3, -0.25) is 24.0 Å². The highest BCUT2D eigenvalue weighted by Crippen LogP contribution is 2.18. The molecule has 0 aliphatic rings. The smallest absolute Gasteiger partial charge is 0.407 e. The fraction of sp³-hybridized carbons (Fsp3) is 0.698. The Morgan fingerprint density at radius 2 is 1.21 bits per heavy atom. The van der Waals surface area contributed by atoms with Crippen LogP contribution in [0.3, 0.4) is 0 Å². The van der Waals surface area contributed by atoms with Crippen molar-refractivity contribution in [2.45, 2.75) is 130 Å². The molecule has 19 nitrogen and oxygen atoms in total. The number of nitrogens with one attached hydrogen (secondary N) is 10. The molecule has 0 aromatic heterocycles. The first kappa shape index (κ1) is 56.1. The van der Waals surface area contributed by atoms with E-state index in [0.717, 1.165) is 64.8 Å². The average Bonchev–Trinajstić information content (AvgIpc) is 3.20. The van der Waals surface area contributed by atoms with E-state index in [9.17, 15) is 33.6 Å². The largest absolute Gasteiger partial charge is 0.445 e. The van der Waals surface area contributed by atoms with Gasteiger partial charge in [0.2, 0.25) is 29.5 Å². The molecule has 8 amide bonds. The first-order valence-electron chi connectivity index (χ1n) is 22.5. The molecule has 0 aliphatic heterocycles. The predicted molar refractivity (Wildman–Crippen MR) is 248 cm³/mol. The quantitative estimate of drug-likeness (QED) is 0.0351. The number of primary amides is 1. The SMILES string of the molecule is BNCCCC[C@H](NC(C)=O)C(=O)NC(C(=O)N[C@@H](CCCNC(N)=O)C(=O)Nc1ccc(COC(=O)NCCCNCCCCNCCCNC(=O)CC(C)(C)C)cc1)C(C)C. The number of anilines is 1. The molecule has 0 heterocycles. The summed E-state index contributed by atoms with van der Waals surface area (Å²) >= 11 is 0. The van der Waals surface area contributed by atoms with Crippen LogP contribution in [0.5, 0.6) is 0 Å². The van der Waals surface area contributed by atoms with Gasteiger partial charge in [0.15, 0.2) is 7.98 Å². The second kappa shape index (κ2) is 32.7. The molecule has 0 fully saturated rings. The summed E-state index contributed by atoms with van der Waals surface area (Å²) in [5.74, 6) is -2.23. The van der Waals surface area contributed by atoms with Gasteiger partial charge in [-0.15, -0.1) is 0 Å². The molecule has 0 bridgehead atoms. The van der Waals surface area contributed by atoms with Crippen LogP contribution in [-0.4, -0.2) is 120 Å². The molecule has 20 heteroatoms. The summed E-state index contributed by atoms with van der Waals surface area (Å²) in [6.45, 7) is 16.5. The van der Waals surface area contributed by atoms with E-state index in [4.69, 9.17) is 10.5 Å². The molecule has 1 rings (SSSR count). The third kappa shape index (κ3) is 29.1. The Kier molecular flexibility index (Phi) is 29.1. The molecule has 0 spiro atoms. The second-order valence-electron chi connectivity index (χ2n) is 17.3. The van der Waals surface area contributed by atoms with Crippen molar-refractivity contribution in [3.63, 3.8) is 0 Å². The standard InChI is InChI=1S/C43H78BN11O8/c1-30(2)37(55-39(59)34(52-31(3)56)14-7-8-27-51-44)40(60)54-35(15-11-24-49-41(45)61)38(58)53-33-18-16-32(17-19-33)29-63-42(62)50-26-13-23-47-21-10-9-20-46-22-12-25-48-36(57)28-43(4,5)6/h16-19,30,34-35,37,46-47,51H,7-15,20-29,44H2,1-6H3,(H,48,57)(H,50,62)(H,52,56)(H,53,58)(H,54,60)(H,55,59)(H3,45,49,61)/t34-,35-,37?/m0/s1. The Balaban J connectivity index is 2.53. The van der Waals surface area contributed by atoms with E-state index in [1.54, 1.807) is 38.1 Å². The average molecular weight is 888 g/mol. The first-order chi connectivity index (χ1) is 29.9. The third-order valence-electron chi connectivity index (χ3n) is 9.60. The highest BCUT2D eigenvalue weighted by molar-refractivity contribution is 6.04. The van der Waals surface area contributed by atoms with E-state index >= 15 is 0 Å². The van der Waals surface area contributed by atoms with Gasteiger partial charge in [0.25, 0.3) is 0 Å². The molecule has 1 aromatic carbocycles. The lowest BCUT2D eigenvalue weighted by Gasteiger charge is -2.27. The minimum Gasteiger partial charge on any atom is -0.445 e. The van der Waals surface area contributed by atoms with Gasteiger partial charge < -0.3 is 63.5 Å². The van der Waals surface area contributed by atoms with E-state index in [1.165, 1.54) is 6.92 Å². The van der Waals surface area contributed by atoms with Crippen LogP contribution in [0.2, 0.25) is 0 Å². The molecular weight excluding hydrogens is 809 g/mol. The van der Waals surface area contributed by atoms with Crippen LogP contribution in [0, 0.1) is 11.3 Å². The fourth-order valence-corrected chi connectivity index (χ4v) is 6.25. The zero-order valence-corrected chi connectivity index (χ0v) is 38.9. The van der Waals surface area contributed by atoms with Crippen molar-refractivity contribution in [2.75, 3.05) is 57.7 Å². The Morgan fingerprint density at radius 3 is 1.78 bits per heavy atom. The van der Waals surface area contributed by atoms with Gasteiger partial charge in [-0.25, -0.2) is 9.59 Å². The number of nitrogens with two attached hydrogens (primary N) is 1. The summed E-state index contributed by atoms with van der Waals surface area (Å²) in [6, 6.07) is 3.11.